The van der Waals surface area contributed by atoms with Gasteiger partial charge in [-0.1, -0.05) is 0 Å². The first-order valence-corrected chi connectivity index (χ1v) is 6.69. The molecule has 1 rings (SSSR count). The van der Waals surface area contributed by atoms with Crippen molar-refractivity contribution in [1.29, 1.82) is 0 Å². The molecule has 0 aromatic heterocycles. The molecule has 1 heterocycles. The highest BCUT2D eigenvalue weighted by molar-refractivity contribution is 7.91. The minimum absolute atomic E-state index is 0.00951. The maximum absolute atomic E-state index is 13.2. The Morgan fingerprint density at radius 2 is 2.27 bits per heavy atom. The third-order valence-corrected chi connectivity index (χ3v) is 4.44. The first-order chi connectivity index (χ1) is 6.94. The zero-order valence-electron chi connectivity index (χ0n) is 8.61. The second-order valence-electron chi connectivity index (χ2n) is 3.85. The number of carbonyl (C=O) groups excluding carboxylic acids is 1. The SMILES string of the molecule is COC(=O)C(F)CC1CCCS(=O)(=O)C1. The summed E-state index contributed by atoms with van der Waals surface area (Å²) in [6, 6.07) is 0. The van der Waals surface area contributed by atoms with E-state index in [4.69, 9.17) is 0 Å². The molecule has 0 N–H and O–H groups in total. The molecule has 1 aliphatic rings. The molecule has 0 bridgehead atoms. The lowest BCUT2D eigenvalue weighted by molar-refractivity contribution is -0.147. The summed E-state index contributed by atoms with van der Waals surface area (Å²) >= 11 is 0. The number of halogens is 1. The molecule has 15 heavy (non-hydrogen) atoms. The Kier molecular flexibility index (Phi) is 4.07. The second kappa shape index (κ2) is 4.92. The molecule has 0 spiro atoms. The molecule has 0 amide bonds. The lowest BCUT2D eigenvalue weighted by Crippen LogP contribution is -2.29. The Morgan fingerprint density at radius 1 is 1.60 bits per heavy atom. The Hall–Kier alpha value is -0.650. The monoisotopic (exact) mass is 238 g/mol. The fourth-order valence-electron chi connectivity index (χ4n) is 1.82. The summed E-state index contributed by atoms with van der Waals surface area (Å²) in [7, 11) is -1.91. The highest BCUT2D eigenvalue weighted by atomic mass is 32.2. The summed E-state index contributed by atoms with van der Waals surface area (Å²) in [5.74, 6) is -1.00. The van der Waals surface area contributed by atoms with Crippen LogP contribution in [0.15, 0.2) is 0 Å². The standard InChI is InChI=1S/C9H15FO4S/c1-14-9(11)8(10)5-7-3-2-4-15(12,13)6-7/h7-8H,2-6H2,1H3. The maximum atomic E-state index is 13.2. The van der Waals surface area contributed by atoms with E-state index in [9.17, 15) is 17.6 Å². The number of rotatable bonds is 3. The van der Waals surface area contributed by atoms with Gasteiger partial charge in [-0.05, 0) is 25.2 Å². The van der Waals surface area contributed by atoms with E-state index in [-0.39, 0.29) is 23.8 Å². The van der Waals surface area contributed by atoms with E-state index in [1.807, 2.05) is 0 Å². The number of carbonyl (C=O) groups is 1. The number of sulfone groups is 1. The van der Waals surface area contributed by atoms with Gasteiger partial charge in [0.25, 0.3) is 0 Å². The van der Waals surface area contributed by atoms with Crippen molar-refractivity contribution in [3.05, 3.63) is 0 Å². The maximum Gasteiger partial charge on any atom is 0.340 e. The van der Waals surface area contributed by atoms with E-state index in [1.165, 1.54) is 0 Å². The van der Waals surface area contributed by atoms with Gasteiger partial charge in [0.1, 0.15) is 0 Å². The topological polar surface area (TPSA) is 60.4 Å². The van der Waals surface area contributed by atoms with Crippen molar-refractivity contribution in [1.82, 2.24) is 0 Å². The Morgan fingerprint density at radius 3 is 2.80 bits per heavy atom. The van der Waals surface area contributed by atoms with Gasteiger partial charge in [0.2, 0.25) is 0 Å². The summed E-state index contributed by atoms with van der Waals surface area (Å²) in [5.41, 5.74) is 0. The van der Waals surface area contributed by atoms with Crippen LogP contribution in [0.2, 0.25) is 0 Å². The van der Waals surface area contributed by atoms with Crippen molar-refractivity contribution < 1.29 is 22.3 Å². The van der Waals surface area contributed by atoms with Crippen LogP contribution < -0.4 is 0 Å². The van der Waals surface area contributed by atoms with Crippen LogP contribution in [0.25, 0.3) is 0 Å². The second-order valence-corrected chi connectivity index (χ2v) is 6.08. The molecule has 0 aliphatic carbocycles. The third kappa shape index (κ3) is 3.77. The van der Waals surface area contributed by atoms with Crippen molar-refractivity contribution in [3.8, 4) is 0 Å². The quantitative estimate of drug-likeness (QED) is 0.679. The molecule has 6 heteroatoms. The lowest BCUT2D eigenvalue weighted by Gasteiger charge is -2.22. The summed E-state index contributed by atoms with van der Waals surface area (Å²) in [6.07, 6.45) is -0.531. The van der Waals surface area contributed by atoms with Gasteiger partial charge in [-0.3, -0.25) is 0 Å². The Balaban J connectivity index is 2.48. The van der Waals surface area contributed by atoms with Crippen LogP contribution in [0.3, 0.4) is 0 Å². The largest absolute Gasteiger partial charge is 0.467 e. The third-order valence-electron chi connectivity index (χ3n) is 2.55. The van der Waals surface area contributed by atoms with Crippen molar-refractivity contribution in [2.45, 2.75) is 25.4 Å². The highest BCUT2D eigenvalue weighted by Crippen LogP contribution is 2.23. The number of hydrogen-bond acceptors (Lipinski definition) is 4. The fourth-order valence-corrected chi connectivity index (χ4v) is 3.61. The van der Waals surface area contributed by atoms with E-state index >= 15 is 0 Å². The first kappa shape index (κ1) is 12.4. The number of ether oxygens (including phenoxy) is 1. The molecule has 0 saturated carbocycles. The predicted molar refractivity (Wildman–Crippen MR) is 52.9 cm³/mol. The lowest BCUT2D eigenvalue weighted by atomic mass is 9.99. The van der Waals surface area contributed by atoms with Gasteiger partial charge in [0, 0.05) is 0 Å². The molecule has 1 saturated heterocycles. The minimum Gasteiger partial charge on any atom is -0.467 e. The van der Waals surface area contributed by atoms with Crippen LogP contribution in [-0.2, 0) is 19.4 Å². The Bertz CT molecular complexity index is 325. The molecule has 0 aromatic carbocycles. The summed E-state index contributed by atoms with van der Waals surface area (Å²) in [5, 5.41) is 0. The smallest absolute Gasteiger partial charge is 0.340 e. The van der Waals surface area contributed by atoms with Crippen LogP contribution in [0, 0.1) is 5.92 Å². The van der Waals surface area contributed by atoms with E-state index < -0.39 is 22.0 Å². The van der Waals surface area contributed by atoms with Crippen LogP contribution in [0.4, 0.5) is 4.39 Å². The number of esters is 1. The van der Waals surface area contributed by atoms with E-state index in [1.54, 1.807) is 0 Å². The van der Waals surface area contributed by atoms with Crippen LogP contribution in [0.5, 0.6) is 0 Å². The van der Waals surface area contributed by atoms with Crippen LogP contribution in [-0.4, -0.2) is 39.2 Å². The zero-order valence-corrected chi connectivity index (χ0v) is 9.43. The van der Waals surface area contributed by atoms with Crippen molar-refractivity contribution >= 4 is 15.8 Å². The predicted octanol–water partition coefficient (Wildman–Crippen LogP) is 0.712. The molecule has 1 fully saturated rings. The molecule has 0 aromatic rings. The highest BCUT2D eigenvalue weighted by Gasteiger charge is 2.29. The van der Waals surface area contributed by atoms with E-state index in [0.717, 1.165) is 7.11 Å². The molecular formula is C9H15FO4S. The molecule has 2 unspecified atom stereocenters. The van der Waals surface area contributed by atoms with Crippen LogP contribution in [0.1, 0.15) is 19.3 Å². The van der Waals surface area contributed by atoms with Gasteiger partial charge in [0.05, 0.1) is 18.6 Å². The van der Waals surface area contributed by atoms with Gasteiger partial charge in [-0.15, -0.1) is 0 Å². The number of alkyl halides is 1. The first-order valence-electron chi connectivity index (χ1n) is 4.87. The van der Waals surface area contributed by atoms with E-state index in [0.29, 0.717) is 12.8 Å². The molecule has 0 radical (unpaired) electrons. The molecule has 1 aliphatic heterocycles. The average molecular weight is 238 g/mol. The van der Waals surface area contributed by atoms with Gasteiger partial charge in [0.15, 0.2) is 16.0 Å². The van der Waals surface area contributed by atoms with Crippen molar-refractivity contribution in [3.63, 3.8) is 0 Å². The summed E-state index contributed by atoms with van der Waals surface area (Å²) < 4.78 is 39.9. The fraction of sp³-hybridized carbons (Fsp3) is 0.889. The molecule has 4 nitrogen and oxygen atoms in total. The average Bonchev–Trinajstić information content (AvgIpc) is 2.14. The molecule has 88 valence electrons. The van der Waals surface area contributed by atoms with Crippen molar-refractivity contribution in [2.24, 2.45) is 5.92 Å². The summed E-state index contributed by atoms with van der Waals surface area (Å²) in [4.78, 5) is 10.8. The molecule has 2 atom stereocenters. The minimum atomic E-state index is -3.03. The Labute approximate surface area is 88.7 Å². The number of methoxy groups -OCH3 is 1. The number of hydrogen-bond donors (Lipinski definition) is 0. The summed E-state index contributed by atoms with van der Waals surface area (Å²) in [6.45, 7) is 0. The zero-order chi connectivity index (χ0) is 11.5. The van der Waals surface area contributed by atoms with Gasteiger partial charge >= 0.3 is 5.97 Å². The van der Waals surface area contributed by atoms with Crippen molar-refractivity contribution in [2.75, 3.05) is 18.6 Å². The van der Waals surface area contributed by atoms with Gasteiger partial charge in [-0.2, -0.15) is 0 Å². The van der Waals surface area contributed by atoms with E-state index in [2.05, 4.69) is 4.74 Å². The van der Waals surface area contributed by atoms with Crippen LogP contribution >= 0.6 is 0 Å². The van der Waals surface area contributed by atoms with Gasteiger partial charge in [-0.25, -0.2) is 17.6 Å². The van der Waals surface area contributed by atoms with Gasteiger partial charge < -0.3 is 4.74 Å². The normalized spacial score (nSPS) is 26.9. The molecular weight excluding hydrogens is 223 g/mol.